The van der Waals surface area contributed by atoms with Gasteiger partial charge in [0.2, 0.25) is 0 Å². The third kappa shape index (κ3) is 2.52. The van der Waals surface area contributed by atoms with Gasteiger partial charge in [-0.3, -0.25) is 0 Å². The molecular weight excluding hydrogens is 297 g/mol. The summed E-state index contributed by atoms with van der Waals surface area (Å²) in [6, 6.07) is 9.76. The maximum Gasteiger partial charge on any atom is 0.435 e. The highest BCUT2D eigenvalue weighted by atomic mass is 79.9. The fourth-order valence-electron chi connectivity index (χ4n) is 1.45. The number of alkyl halides is 4. The van der Waals surface area contributed by atoms with Gasteiger partial charge < -0.3 is 0 Å². The minimum Gasteiger partial charge on any atom is -0.236 e. The molecule has 0 atom stereocenters. The van der Waals surface area contributed by atoms with E-state index in [0.29, 0.717) is 16.7 Å². The van der Waals surface area contributed by atoms with Gasteiger partial charge in [0.1, 0.15) is 0 Å². The zero-order chi connectivity index (χ0) is 12.5. The third-order valence-electron chi connectivity index (χ3n) is 2.21. The SMILES string of the molecule is FC(F)(F)c1cc(CBr)n(-c2ccccc2)n1. The fourth-order valence-corrected chi connectivity index (χ4v) is 1.85. The average molecular weight is 305 g/mol. The van der Waals surface area contributed by atoms with Gasteiger partial charge in [0.25, 0.3) is 0 Å². The van der Waals surface area contributed by atoms with Crippen molar-refractivity contribution in [1.82, 2.24) is 9.78 Å². The molecule has 6 heteroatoms. The van der Waals surface area contributed by atoms with Crippen LogP contribution in [-0.4, -0.2) is 9.78 Å². The van der Waals surface area contributed by atoms with Crippen molar-refractivity contribution < 1.29 is 13.2 Å². The van der Waals surface area contributed by atoms with Crippen LogP contribution in [0.4, 0.5) is 13.2 Å². The second-order valence-corrected chi connectivity index (χ2v) is 3.96. The molecule has 0 N–H and O–H groups in total. The maximum atomic E-state index is 12.5. The van der Waals surface area contributed by atoms with Crippen LogP contribution in [0.3, 0.4) is 0 Å². The molecule has 2 rings (SSSR count). The van der Waals surface area contributed by atoms with Crippen LogP contribution in [0, 0.1) is 0 Å². The van der Waals surface area contributed by atoms with Crippen molar-refractivity contribution in [3.63, 3.8) is 0 Å². The number of aromatic nitrogens is 2. The highest BCUT2D eigenvalue weighted by Gasteiger charge is 2.34. The molecule has 0 saturated carbocycles. The summed E-state index contributed by atoms with van der Waals surface area (Å²) in [6.07, 6.45) is -4.42. The number of halogens is 4. The Labute approximate surface area is 104 Å². The van der Waals surface area contributed by atoms with E-state index in [4.69, 9.17) is 0 Å². The summed E-state index contributed by atoms with van der Waals surface area (Å²) in [7, 11) is 0. The summed E-state index contributed by atoms with van der Waals surface area (Å²) in [5.41, 5.74) is 0.191. The van der Waals surface area contributed by atoms with Crippen LogP contribution in [0.2, 0.25) is 0 Å². The summed E-state index contributed by atoms with van der Waals surface area (Å²) in [4.78, 5) is 0. The van der Waals surface area contributed by atoms with Crippen molar-refractivity contribution in [2.75, 3.05) is 0 Å². The van der Waals surface area contributed by atoms with E-state index in [-0.39, 0.29) is 0 Å². The van der Waals surface area contributed by atoms with Gasteiger partial charge in [-0.15, -0.1) is 0 Å². The first-order valence-corrected chi connectivity index (χ1v) is 5.92. The Morgan fingerprint density at radius 1 is 1.18 bits per heavy atom. The molecule has 17 heavy (non-hydrogen) atoms. The lowest BCUT2D eigenvalue weighted by molar-refractivity contribution is -0.141. The lowest BCUT2D eigenvalue weighted by Gasteiger charge is -2.04. The van der Waals surface area contributed by atoms with Crippen molar-refractivity contribution in [2.45, 2.75) is 11.5 Å². The Bertz CT molecular complexity index is 505. The Balaban J connectivity index is 2.51. The first-order valence-electron chi connectivity index (χ1n) is 4.80. The molecule has 2 nitrogen and oxygen atoms in total. The van der Waals surface area contributed by atoms with Crippen molar-refractivity contribution in [3.05, 3.63) is 47.8 Å². The van der Waals surface area contributed by atoms with Gasteiger partial charge in [-0.2, -0.15) is 18.3 Å². The summed E-state index contributed by atoms with van der Waals surface area (Å²) >= 11 is 3.16. The van der Waals surface area contributed by atoms with Crippen LogP contribution in [0.25, 0.3) is 5.69 Å². The number of benzene rings is 1. The summed E-state index contributed by atoms with van der Waals surface area (Å²) in [5.74, 6) is 0. The Morgan fingerprint density at radius 3 is 2.35 bits per heavy atom. The van der Waals surface area contributed by atoms with E-state index in [9.17, 15) is 13.2 Å². The highest BCUT2D eigenvalue weighted by Crippen LogP contribution is 2.30. The fraction of sp³-hybridized carbons (Fsp3) is 0.182. The topological polar surface area (TPSA) is 17.8 Å². The summed E-state index contributed by atoms with van der Waals surface area (Å²) in [6.45, 7) is 0. The van der Waals surface area contributed by atoms with Crippen LogP contribution >= 0.6 is 15.9 Å². The van der Waals surface area contributed by atoms with Gasteiger partial charge in [-0.1, -0.05) is 34.1 Å². The first kappa shape index (κ1) is 12.2. The Hall–Kier alpha value is -1.30. The number of nitrogens with zero attached hydrogens (tertiary/aromatic N) is 2. The molecule has 1 heterocycles. The lowest BCUT2D eigenvalue weighted by Crippen LogP contribution is -2.07. The van der Waals surface area contributed by atoms with Gasteiger partial charge in [0.15, 0.2) is 5.69 Å². The lowest BCUT2D eigenvalue weighted by atomic mass is 10.3. The van der Waals surface area contributed by atoms with E-state index >= 15 is 0 Å². The average Bonchev–Trinajstić information content (AvgIpc) is 2.73. The number of para-hydroxylation sites is 1. The van der Waals surface area contributed by atoms with Crippen LogP contribution in [0.1, 0.15) is 11.4 Å². The standard InChI is InChI=1S/C11H8BrF3N2/c12-7-9-6-10(11(13,14)15)16-17(9)8-4-2-1-3-5-8/h1-6H,7H2. The Kier molecular flexibility index (Phi) is 3.24. The molecule has 0 amide bonds. The predicted molar refractivity (Wildman–Crippen MR) is 61.2 cm³/mol. The zero-order valence-corrected chi connectivity index (χ0v) is 10.2. The minimum atomic E-state index is -4.42. The molecule has 0 saturated heterocycles. The number of hydrogen-bond donors (Lipinski definition) is 0. The monoisotopic (exact) mass is 304 g/mol. The van der Waals surface area contributed by atoms with Crippen LogP contribution in [-0.2, 0) is 11.5 Å². The van der Waals surface area contributed by atoms with Gasteiger partial charge in [-0.05, 0) is 18.2 Å². The van der Waals surface area contributed by atoms with Crippen molar-refractivity contribution >= 4 is 15.9 Å². The van der Waals surface area contributed by atoms with Crippen LogP contribution in [0.15, 0.2) is 36.4 Å². The van der Waals surface area contributed by atoms with E-state index < -0.39 is 11.9 Å². The molecule has 1 aromatic heterocycles. The molecule has 0 fully saturated rings. The largest absolute Gasteiger partial charge is 0.435 e. The zero-order valence-electron chi connectivity index (χ0n) is 8.58. The molecule has 2 aromatic rings. The van der Waals surface area contributed by atoms with E-state index in [1.165, 1.54) is 4.68 Å². The van der Waals surface area contributed by atoms with Gasteiger partial charge in [0, 0.05) is 5.33 Å². The molecule has 1 aromatic carbocycles. The van der Waals surface area contributed by atoms with Crippen molar-refractivity contribution in [1.29, 1.82) is 0 Å². The maximum absolute atomic E-state index is 12.5. The molecule has 0 aliphatic heterocycles. The van der Waals surface area contributed by atoms with Crippen LogP contribution in [0.5, 0.6) is 0 Å². The molecule has 0 bridgehead atoms. The van der Waals surface area contributed by atoms with E-state index in [0.717, 1.165) is 6.07 Å². The highest BCUT2D eigenvalue weighted by molar-refractivity contribution is 9.08. The van der Waals surface area contributed by atoms with E-state index in [1.807, 2.05) is 0 Å². The quantitative estimate of drug-likeness (QED) is 0.772. The molecule has 0 unspecified atom stereocenters. The van der Waals surface area contributed by atoms with E-state index in [1.54, 1.807) is 30.3 Å². The van der Waals surface area contributed by atoms with Crippen molar-refractivity contribution in [2.24, 2.45) is 0 Å². The molecule has 0 radical (unpaired) electrons. The summed E-state index contributed by atoms with van der Waals surface area (Å²) in [5, 5.41) is 3.89. The van der Waals surface area contributed by atoms with Gasteiger partial charge in [0.05, 0.1) is 11.4 Å². The second kappa shape index (κ2) is 4.52. The number of hydrogen-bond acceptors (Lipinski definition) is 1. The van der Waals surface area contributed by atoms with Gasteiger partial charge in [-0.25, -0.2) is 4.68 Å². The molecule has 0 aliphatic carbocycles. The normalized spacial score (nSPS) is 11.8. The smallest absolute Gasteiger partial charge is 0.236 e. The second-order valence-electron chi connectivity index (χ2n) is 3.40. The third-order valence-corrected chi connectivity index (χ3v) is 2.79. The Morgan fingerprint density at radius 2 is 1.82 bits per heavy atom. The number of rotatable bonds is 2. The molecule has 0 aliphatic rings. The predicted octanol–water partition coefficient (Wildman–Crippen LogP) is 3.79. The minimum absolute atomic E-state index is 0.310. The van der Waals surface area contributed by atoms with Gasteiger partial charge >= 0.3 is 6.18 Å². The summed E-state index contributed by atoms with van der Waals surface area (Å²) < 4.78 is 38.9. The molecule has 0 spiro atoms. The van der Waals surface area contributed by atoms with E-state index in [2.05, 4.69) is 21.0 Å². The molecule has 90 valence electrons. The van der Waals surface area contributed by atoms with Crippen LogP contribution < -0.4 is 0 Å². The van der Waals surface area contributed by atoms with Crippen molar-refractivity contribution in [3.8, 4) is 5.69 Å². The first-order chi connectivity index (χ1) is 8.02. The molecular formula is C11H8BrF3N2.